The molecule has 6 heterocycles. The third-order valence-electron chi connectivity index (χ3n) is 18.6. The number of anilines is 2. The Labute approximate surface area is 693 Å². The molecule has 0 aliphatic heterocycles. The number of nitrogens with zero attached hydrogens (tertiary/aromatic N) is 6. The number of pyridine rings is 6. The molecule has 3 atom stereocenters. The van der Waals surface area contributed by atoms with Crippen molar-refractivity contribution >= 4 is 109 Å². The maximum Gasteiger partial charge on any atom is 0.242 e. The monoisotopic (exact) mass is 1660 g/mol. The van der Waals surface area contributed by atoms with Crippen LogP contribution < -0.4 is 31.0 Å². The average Bonchev–Trinajstić information content (AvgIpc) is 0.761. The van der Waals surface area contributed by atoms with Gasteiger partial charge in [0, 0.05) is 122 Å². The molecule has 116 heavy (non-hydrogen) atoms. The lowest BCUT2D eigenvalue weighted by Gasteiger charge is -2.21. The van der Waals surface area contributed by atoms with E-state index in [1.165, 1.54) is 30.2 Å². The topological polar surface area (TPSA) is 280 Å². The number of aromatic nitrogens is 6. The molecule has 0 bridgehead atoms. The highest BCUT2D eigenvalue weighted by molar-refractivity contribution is 7.90. The van der Waals surface area contributed by atoms with Crippen LogP contribution >= 0.6 is 34.8 Å². The number of rotatable bonds is 18. The van der Waals surface area contributed by atoms with Crippen molar-refractivity contribution < 1.29 is 25.3 Å². The van der Waals surface area contributed by atoms with Crippen molar-refractivity contribution in [2.75, 3.05) is 10.6 Å². The number of nitrogens with two attached hydrogens (primary N) is 2. The highest BCUT2D eigenvalue weighted by Gasteiger charge is 2.28. The zero-order chi connectivity index (χ0) is 82.7. The molecule has 18 nitrogen and oxygen atoms in total. The molecule has 0 radical (unpaired) electrons. The maximum atomic E-state index is 13.1. The third kappa shape index (κ3) is 20.5. The molecule has 8 N–H and O–H groups in total. The highest BCUT2D eigenvalue weighted by atomic mass is 35.5. The Morgan fingerprint density at radius 2 is 0.690 bits per heavy atom. The summed E-state index contributed by atoms with van der Waals surface area (Å²) in [4.78, 5) is 26.6. The van der Waals surface area contributed by atoms with Gasteiger partial charge in [-0.25, -0.2) is 54.8 Å². The minimum atomic E-state index is -3.89. The van der Waals surface area contributed by atoms with Crippen molar-refractivity contribution in [2.45, 2.75) is 106 Å². The number of sulfonamides is 3. The zero-order valence-electron chi connectivity index (χ0n) is 65.2. The van der Waals surface area contributed by atoms with E-state index in [1.54, 1.807) is 78.5 Å². The van der Waals surface area contributed by atoms with Gasteiger partial charge < -0.3 is 16.4 Å². The first-order valence-electron chi connectivity index (χ1n) is 37.2. The predicted octanol–water partition coefficient (Wildman–Crippen LogP) is 21.7. The fourth-order valence-corrected chi connectivity index (χ4v) is 17.6. The number of primary sulfonamides is 1. The summed E-state index contributed by atoms with van der Waals surface area (Å²) in [6.07, 6.45) is 10.5. The van der Waals surface area contributed by atoms with Gasteiger partial charge in [0.05, 0.1) is 0 Å². The van der Waals surface area contributed by atoms with Crippen LogP contribution in [0.25, 0.3) is 99.1 Å². The lowest BCUT2D eigenvalue weighted by atomic mass is 9.94. The highest BCUT2D eigenvalue weighted by Crippen LogP contribution is 2.46. The summed E-state index contributed by atoms with van der Waals surface area (Å²) >= 11 is 20.0. The number of hydrogen-bond donors (Lipinski definition) is 6. The molecule has 3 unspecified atom stereocenters. The third-order valence-corrected chi connectivity index (χ3v) is 23.7. The van der Waals surface area contributed by atoms with Crippen LogP contribution in [-0.4, -0.2) is 66.2 Å². The first kappa shape index (κ1) is 84.2. The van der Waals surface area contributed by atoms with Crippen molar-refractivity contribution in [3.63, 3.8) is 0 Å². The Balaban J connectivity index is 0.000000153. The number of fused-ring (bicyclic) bond motifs is 3. The first-order chi connectivity index (χ1) is 55.3. The molecular weight excluding hydrogens is 1570 g/mol. The van der Waals surface area contributed by atoms with Crippen LogP contribution in [0.3, 0.4) is 0 Å². The van der Waals surface area contributed by atoms with E-state index in [0.717, 1.165) is 88.2 Å². The van der Waals surface area contributed by atoms with Gasteiger partial charge in [-0.1, -0.05) is 271 Å². The van der Waals surface area contributed by atoms with Crippen molar-refractivity contribution in [1.82, 2.24) is 39.3 Å². The molecule has 6 aromatic heterocycles. The number of halogens is 3. The fourth-order valence-electron chi connectivity index (χ4n) is 13.4. The van der Waals surface area contributed by atoms with Crippen LogP contribution in [0.5, 0.6) is 0 Å². The number of nitrogens with one attached hydrogen (secondary N) is 4. The Hall–Kier alpha value is -11.2. The SMILES string of the molecule is CC(C)(C)NS(=O)(=O)c1cncc(-c2c(Cl)nc(Cl)c3c(-c4ccccc4)cccc23)c1.CC(N)c1ccccc1.CC(Nc1nc(Cl)c(-c2cncc(S(=O)(=O)NC(C)(C)C)c2)c2cccc(-c3ccccc3)c12)c1ccccc1.CC(Nc1ncc(-c2cncc(S(N)(=O)=O)c2)c2cccc(-c3ccccc3)c12)c1ccccc1. The van der Waals surface area contributed by atoms with Crippen LogP contribution in [0.4, 0.5) is 11.6 Å². The standard InChI is InChI=1S/C32H31ClN4O2S.C28H24N4O2S.C24H21Cl2N3O2S.C8H11N/c1-21(22-12-7-5-8-13-22)35-31-29-26(23-14-9-6-10-15-23)16-11-17-27(29)28(30(33)36-31)24-18-25(20-34-19-24)40(38,39)37-32(2,3)4;1-19(20-9-4-2-5-10-20)32-28-27-24(21-11-6-3-7-12-21)13-8-14-25(27)26(18-31-28)22-15-23(17-30-16-22)35(29,33)34;1-24(2,3)29-32(30,31)17-12-16(13-27-14-17)20-19-11-7-10-18(15-8-5-4-6-9-15)21(19)23(26)28-22(20)25;1-7(9)8-5-3-2-4-6-8/h5-21,37H,1-4H3,(H,35,36);2-19H,1H3,(H,31,32)(H2,29,33,34);4-14,29H,1-3H3;2-7H,9H2,1H3. The van der Waals surface area contributed by atoms with Crippen molar-refractivity contribution in [2.24, 2.45) is 10.9 Å². The summed E-state index contributed by atoms with van der Waals surface area (Å²) in [7, 11) is -11.5. The number of hydrogen-bond acceptors (Lipinski definition) is 15. The quantitative estimate of drug-likeness (QED) is 0.0436. The van der Waals surface area contributed by atoms with Crippen molar-refractivity contribution in [1.29, 1.82) is 0 Å². The Bertz CT molecular complexity index is 6360. The molecule has 0 saturated heterocycles. The zero-order valence-corrected chi connectivity index (χ0v) is 69.9. The van der Waals surface area contributed by atoms with Gasteiger partial charge in [0.2, 0.25) is 30.1 Å². The van der Waals surface area contributed by atoms with Crippen LogP contribution in [0.2, 0.25) is 15.5 Å². The minimum absolute atomic E-state index is 0.0222. The van der Waals surface area contributed by atoms with E-state index in [-0.39, 0.29) is 48.3 Å². The lowest BCUT2D eigenvalue weighted by Crippen LogP contribution is -2.40. The first-order valence-corrected chi connectivity index (χ1v) is 42.9. The van der Waals surface area contributed by atoms with E-state index in [2.05, 4.69) is 115 Å². The second-order valence-electron chi connectivity index (χ2n) is 29.7. The molecule has 24 heteroatoms. The molecule has 0 spiro atoms. The molecule has 0 aliphatic rings. The van der Waals surface area contributed by atoms with Crippen molar-refractivity contribution in [3.05, 3.63) is 330 Å². The van der Waals surface area contributed by atoms with Gasteiger partial charge in [-0.2, -0.15) is 0 Å². The second-order valence-corrected chi connectivity index (χ2v) is 35.7. The minimum Gasteiger partial charge on any atom is -0.363 e. The fraction of sp³-hybridized carbons (Fsp3) is 0.152. The van der Waals surface area contributed by atoms with Gasteiger partial charge in [-0.15, -0.1) is 0 Å². The summed E-state index contributed by atoms with van der Waals surface area (Å²) in [6, 6.07) is 83.1. The molecule has 15 rings (SSSR count). The van der Waals surface area contributed by atoms with E-state index in [9.17, 15) is 25.3 Å². The normalized spacial score (nSPS) is 12.6. The Morgan fingerprint density at radius 3 is 1.09 bits per heavy atom. The molecule has 0 fully saturated rings. The van der Waals surface area contributed by atoms with Crippen LogP contribution in [0, 0.1) is 0 Å². The van der Waals surface area contributed by atoms with Gasteiger partial charge >= 0.3 is 0 Å². The van der Waals surface area contributed by atoms with Gasteiger partial charge in [-0.05, 0) is 147 Å². The van der Waals surface area contributed by atoms with E-state index in [4.69, 9.17) is 55.6 Å². The maximum absolute atomic E-state index is 13.1. The summed E-state index contributed by atoms with van der Waals surface area (Å²) in [5, 5.41) is 18.3. The molecule has 9 aromatic carbocycles. The summed E-state index contributed by atoms with van der Waals surface area (Å²) < 4.78 is 81.2. The summed E-state index contributed by atoms with van der Waals surface area (Å²) in [5.74, 6) is 1.39. The van der Waals surface area contributed by atoms with Gasteiger partial charge in [0.1, 0.15) is 41.8 Å². The van der Waals surface area contributed by atoms with Crippen LogP contribution in [-0.2, 0) is 30.1 Å². The van der Waals surface area contributed by atoms with Gasteiger partial charge in [0.25, 0.3) is 0 Å². The molecular formula is C92H87Cl3N12O6S3. The summed E-state index contributed by atoms with van der Waals surface area (Å²) in [5.41, 5.74) is 17.5. The summed E-state index contributed by atoms with van der Waals surface area (Å²) in [6.45, 7) is 16.9. The molecule has 0 saturated carbocycles. The predicted molar refractivity (Wildman–Crippen MR) is 474 cm³/mol. The molecule has 0 aliphatic carbocycles. The van der Waals surface area contributed by atoms with E-state index < -0.39 is 41.1 Å². The Morgan fingerprint density at radius 1 is 0.345 bits per heavy atom. The Kier molecular flexibility index (Phi) is 26.4. The van der Waals surface area contributed by atoms with E-state index in [1.807, 2.05) is 183 Å². The average molecular weight is 1660 g/mol. The molecule has 0 amide bonds. The van der Waals surface area contributed by atoms with E-state index in [0.29, 0.717) is 33.6 Å². The molecule has 15 aromatic rings. The smallest absolute Gasteiger partial charge is 0.242 e. The largest absolute Gasteiger partial charge is 0.363 e. The van der Waals surface area contributed by atoms with Gasteiger partial charge in [-0.3, -0.25) is 15.0 Å². The van der Waals surface area contributed by atoms with E-state index >= 15 is 0 Å². The lowest BCUT2D eigenvalue weighted by molar-refractivity contribution is 0.489. The van der Waals surface area contributed by atoms with Crippen LogP contribution in [0.15, 0.2) is 313 Å². The molecule has 590 valence electrons. The van der Waals surface area contributed by atoms with Crippen LogP contribution in [0.1, 0.15) is 97.1 Å². The van der Waals surface area contributed by atoms with Crippen molar-refractivity contribution in [3.8, 4) is 66.8 Å². The second kappa shape index (κ2) is 36.3. The number of benzene rings is 9. The van der Waals surface area contributed by atoms with Gasteiger partial charge in [0.15, 0.2) is 0 Å².